The monoisotopic (exact) mass is 275 g/mol. The van der Waals surface area contributed by atoms with Crippen LogP contribution in [0.25, 0.3) is 0 Å². The fraction of sp³-hybridized carbons (Fsp3) is 0.467. The van der Waals surface area contributed by atoms with Crippen LogP contribution < -0.4 is 10.6 Å². The number of nitriles is 1. The van der Waals surface area contributed by atoms with Crippen molar-refractivity contribution < 1.29 is 9.90 Å². The zero-order chi connectivity index (χ0) is 15.0. The lowest BCUT2D eigenvalue weighted by atomic mass is 9.98. The third-order valence-corrected chi connectivity index (χ3v) is 3.10. The standard InChI is InChI=1S/C15H21N3O2/c1-3-8-15(2,11-19)18-14(20)17-10-13-6-4-12(9-16)5-7-13/h4-7,19H,3,8,10-11H2,1-2H3,(H2,17,18,20). The number of nitrogens with zero attached hydrogens (tertiary/aromatic N) is 1. The first-order chi connectivity index (χ1) is 9.53. The van der Waals surface area contributed by atoms with Crippen molar-refractivity contribution in [1.29, 1.82) is 5.26 Å². The van der Waals surface area contributed by atoms with E-state index in [1.54, 1.807) is 24.3 Å². The third-order valence-electron chi connectivity index (χ3n) is 3.10. The number of carbonyl (C=O) groups excluding carboxylic acids is 1. The molecule has 1 aromatic rings. The molecule has 0 saturated heterocycles. The highest BCUT2D eigenvalue weighted by molar-refractivity contribution is 5.74. The molecule has 5 heteroatoms. The van der Waals surface area contributed by atoms with E-state index in [4.69, 9.17) is 5.26 Å². The van der Waals surface area contributed by atoms with Gasteiger partial charge in [0.15, 0.2) is 0 Å². The van der Waals surface area contributed by atoms with Crippen LogP contribution in [0.15, 0.2) is 24.3 Å². The molecule has 0 aliphatic heterocycles. The molecule has 3 N–H and O–H groups in total. The Labute approximate surface area is 119 Å². The van der Waals surface area contributed by atoms with Gasteiger partial charge in [0.05, 0.1) is 23.8 Å². The quantitative estimate of drug-likeness (QED) is 0.741. The van der Waals surface area contributed by atoms with Crippen molar-refractivity contribution in [2.45, 2.75) is 38.8 Å². The molecule has 0 aromatic heterocycles. The molecule has 1 aromatic carbocycles. The molecule has 2 amide bonds. The van der Waals surface area contributed by atoms with E-state index in [1.165, 1.54) is 0 Å². The largest absolute Gasteiger partial charge is 0.394 e. The van der Waals surface area contributed by atoms with Gasteiger partial charge < -0.3 is 15.7 Å². The first-order valence-corrected chi connectivity index (χ1v) is 6.69. The van der Waals surface area contributed by atoms with Crippen LogP contribution in [0.3, 0.4) is 0 Å². The van der Waals surface area contributed by atoms with Crippen LogP contribution in [0.2, 0.25) is 0 Å². The number of carbonyl (C=O) groups is 1. The molecule has 0 fully saturated rings. The van der Waals surface area contributed by atoms with Crippen LogP contribution in [0.1, 0.15) is 37.8 Å². The molecule has 1 rings (SSSR count). The van der Waals surface area contributed by atoms with Crippen LogP contribution >= 0.6 is 0 Å². The molecule has 0 radical (unpaired) electrons. The number of aliphatic hydroxyl groups excluding tert-OH is 1. The van der Waals surface area contributed by atoms with Gasteiger partial charge in [-0.25, -0.2) is 4.79 Å². The lowest BCUT2D eigenvalue weighted by Crippen LogP contribution is -2.52. The lowest BCUT2D eigenvalue weighted by Gasteiger charge is -2.28. The highest BCUT2D eigenvalue weighted by Gasteiger charge is 2.24. The SMILES string of the molecule is CCCC(C)(CO)NC(=O)NCc1ccc(C#N)cc1. The minimum atomic E-state index is -0.594. The molecule has 20 heavy (non-hydrogen) atoms. The predicted molar refractivity (Wildman–Crippen MR) is 76.9 cm³/mol. The fourth-order valence-corrected chi connectivity index (χ4v) is 1.93. The van der Waals surface area contributed by atoms with Crippen LogP contribution in [-0.2, 0) is 6.54 Å². The number of hydrogen-bond donors (Lipinski definition) is 3. The number of aliphatic hydroxyl groups is 1. The predicted octanol–water partition coefficient (Wildman–Crippen LogP) is 1.91. The smallest absolute Gasteiger partial charge is 0.315 e. The molecule has 0 aliphatic carbocycles. The van der Waals surface area contributed by atoms with E-state index in [1.807, 2.05) is 19.9 Å². The average Bonchev–Trinajstić information content (AvgIpc) is 2.46. The normalized spacial score (nSPS) is 13.1. The van der Waals surface area contributed by atoms with E-state index in [0.29, 0.717) is 18.5 Å². The minimum absolute atomic E-state index is 0.0921. The van der Waals surface area contributed by atoms with E-state index in [0.717, 1.165) is 12.0 Å². The summed E-state index contributed by atoms with van der Waals surface area (Å²) in [7, 11) is 0. The molecule has 1 atom stereocenters. The van der Waals surface area contributed by atoms with Gasteiger partial charge in [-0.05, 0) is 31.0 Å². The highest BCUT2D eigenvalue weighted by atomic mass is 16.3. The van der Waals surface area contributed by atoms with Crippen molar-refractivity contribution in [1.82, 2.24) is 10.6 Å². The van der Waals surface area contributed by atoms with Crippen molar-refractivity contribution in [3.8, 4) is 6.07 Å². The van der Waals surface area contributed by atoms with Crippen LogP contribution in [0.4, 0.5) is 4.79 Å². The van der Waals surface area contributed by atoms with Crippen LogP contribution in [0, 0.1) is 11.3 Å². The molecular formula is C15H21N3O2. The van der Waals surface area contributed by atoms with Gasteiger partial charge in [-0.15, -0.1) is 0 Å². The Bertz CT molecular complexity index is 479. The summed E-state index contributed by atoms with van der Waals surface area (Å²) >= 11 is 0. The van der Waals surface area contributed by atoms with Crippen molar-refractivity contribution in [2.75, 3.05) is 6.61 Å². The van der Waals surface area contributed by atoms with Crippen molar-refractivity contribution in [3.05, 3.63) is 35.4 Å². The first kappa shape index (κ1) is 16.0. The van der Waals surface area contributed by atoms with E-state index < -0.39 is 5.54 Å². The number of benzene rings is 1. The van der Waals surface area contributed by atoms with Gasteiger partial charge in [-0.2, -0.15) is 5.26 Å². The van der Waals surface area contributed by atoms with Gasteiger partial charge >= 0.3 is 6.03 Å². The molecule has 108 valence electrons. The summed E-state index contributed by atoms with van der Waals surface area (Å²) in [6.07, 6.45) is 1.60. The van der Waals surface area contributed by atoms with E-state index in [2.05, 4.69) is 10.6 Å². The second-order valence-corrected chi connectivity index (χ2v) is 5.09. The highest BCUT2D eigenvalue weighted by Crippen LogP contribution is 2.11. The van der Waals surface area contributed by atoms with Crippen molar-refractivity contribution in [3.63, 3.8) is 0 Å². The number of urea groups is 1. The maximum atomic E-state index is 11.8. The average molecular weight is 275 g/mol. The van der Waals surface area contributed by atoms with E-state index in [-0.39, 0.29) is 12.6 Å². The maximum absolute atomic E-state index is 11.8. The van der Waals surface area contributed by atoms with Gasteiger partial charge in [0.25, 0.3) is 0 Å². The number of amides is 2. The Hall–Kier alpha value is -2.06. The molecule has 0 aliphatic rings. The van der Waals surface area contributed by atoms with E-state index in [9.17, 15) is 9.90 Å². The topological polar surface area (TPSA) is 85.2 Å². The van der Waals surface area contributed by atoms with Crippen molar-refractivity contribution >= 4 is 6.03 Å². The molecule has 0 bridgehead atoms. The number of nitrogens with one attached hydrogen (secondary N) is 2. The summed E-state index contributed by atoms with van der Waals surface area (Å²) in [4.78, 5) is 11.8. The molecule has 0 spiro atoms. The minimum Gasteiger partial charge on any atom is -0.394 e. The van der Waals surface area contributed by atoms with Gasteiger partial charge in [0.1, 0.15) is 0 Å². The van der Waals surface area contributed by atoms with Gasteiger partial charge in [-0.3, -0.25) is 0 Å². The number of rotatable bonds is 6. The Kier molecular flexibility index (Phi) is 6.01. The summed E-state index contributed by atoms with van der Waals surface area (Å²) in [5.74, 6) is 0. The third kappa shape index (κ3) is 4.90. The summed E-state index contributed by atoms with van der Waals surface area (Å²) in [6.45, 7) is 4.11. The second-order valence-electron chi connectivity index (χ2n) is 5.09. The Morgan fingerprint density at radius 3 is 2.55 bits per heavy atom. The Morgan fingerprint density at radius 2 is 2.05 bits per heavy atom. The molecule has 0 saturated carbocycles. The van der Waals surface area contributed by atoms with E-state index >= 15 is 0 Å². The Morgan fingerprint density at radius 1 is 1.40 bits per heavy atom. The molecular weight excluding hydrogens is 254 g/mol. The van der Waals surface area contributed by atoms with Crippen molar-refractivity contribution in [2.24, 2.45) is 0 Å². The van der Waals surface area contributed by atoms with Gasteiger partial charge in [0, 0.05) is 6.54 Å². The van der Waals surface area contributed by atoms with Crippen LogP contribution in [-0.4, -0.2) is 23.3 Å². The maximum Gasteiger partial charge on any atom is 0.315 e. The number of hydrogen-bond acceptors (Lipinski definition) is 3. The zero-order valence-electron chi connectivity index (χ0n) is 11.9. The first-order valence-electron chi connectivity index (χ1n) is 6.69. The fourth-order valence-electron chi connectivity index (χ4n) is 1.93. The van der Waals surface area contributed by atoms with Gasteiger partial charge in [0.2, 0.25) is 0 Å². The summed E-state index contributed by atoms with van der Waals surface area (Å²) in [6, 6.07) is 8.77. The second kappa shape index (κ2) is 7.51. The summed E-state index contributed by atoms with van der Waals surface area (Å²) in [5.41, 5.74) is 0.915. The molecule has 5 nitrogen and oxygen atoms in total. The van der Waals surface area contributed by atoms with Crippen LogP contribution in [0.5, 0.6) is 0 Å². The summed E-state index contributed by atoms with van der Waals surface area (Å²) < 4.78 is 0. The lowest BCUT2D eigenvalue weighted by molar-refractivity contribution is 0.163. The summed E-state index contributed by atoms with van der Waals surface area (Å²) in [5, 5.41) is 23.6. The Balaban J connectivity index is 2.48. The zero-order valence-corrected chi connectivity index (χ0v) is 11.9. The molecule has 0 heterocycles. The van der Waals surface area contributed by atoms with Gasteiger partial charge in [-0.1, -0.05) is 25.5 Å². The molecule has 1 unspecified atom stereocenters.